The van der Waals surface area contributed by atoms with Gasteiger partial charge in [-0.25, -0.2) is 0 Å². The Morgan fingerprint density at radius 1 is 1.50 bits per heavy atom. The minimum atomic E-state index is -0.268. The number of likely N-dealkylation sites (tertiary alicyclic amines) is 1. The molecule has 1 aromatic rings. The summed E-state index contributed by atoms with van der Waals surface area (Å²) in [5, 5.41) is 9.10. The van der Waals surface area contributed by atoms with Gasteiger partial charge in [0.05, 0.1) is 6.07 Å². The summed E-state index contributed by atoms with van der Waals surface area (Å²) in [6.45, 7) is 2.64. The fraction of sp³-hybridized carbons (Fsp3) is 0.429. The third kappa shape index (κ3) is 2.56. The van der Waals surface area contributed by atoms with Crippen molar-refractivity contribution in [1.29, 1.82) is 5.26 Å². The lowest BCUT2D eigenvalue weighted by Gasteiger charge is -2.31. The lowest BCUT2D eigenvalue weighted by molar-refractivity contribution is 0.0670. The van der Waals surface area contributed by atoms with E-state index < -0.39 is 0 Å². The molecule has 0 aromatic heterocycles. The highest BCUT2D eigenvalue weighted by atomic mass is 79.9. The molecule has 94 valence electrons. The van der Waals surface area contributed by atoms with Gasteiger partial charge in [0.1, 0.15) is 6.04 Å². The Labute approximate surface area is 116 Å². The Hall–Kier alpha value is -1.34. The van der Waals surface area contributed by atoms with E-state index in [1.54, 1.807) is 4.90 Å². The molecule has 18 heavy (non-hydrogen) atoms. The number of carbonyl (C=O) groups excluding carboxylic acids is 1. The number of aryl methyl sites for hydroxylation is 1. The average molecular weight is 307 g/mol. The SMILES string of the molecule is Cc1cc(C(=O)N2CCCCC2C#N)ccc1Br. The molecule has 1 aliphatic rings. The maximum Gasteiger partial charge on any atom is 0.254 e. The molecule has 0 N–H and O–H groups in total. The number of halogens is 1. The molecule has 1 unspecified atom stereocenters. The number of hydrogen-bond acceptors (Lipinski definition) is 2. The lowest BCUT2D eigenvalue weighted by Crippen LogP contribution is -2.42. The molecular formula is C14H15BrN2O. The smallest absolute Gasteiger partial charge is 0.254 e. The second kappa shape index (κ2) is 5.53. The van der Waals surface area contributed by atoms with Gasteiger partial charge in [-0.05, 0) is 49.9 Å². The number of hydrogen-bond donors (Lipinski definition) is 0. The first-order valence-corrected chi connectivity index (χ1v) is 6.89. The van der Waals surface area contributed by atoms with E-state index in [2.05, 4.69) is 22.0 Å². The molecule has 1 amide bonds. The number of carbonyl (C=O) groups is 1. The van der Waals surface area contributed by atoms with Crippen LogP contribution in [-0.4, -0.2) is 23.4 Å². The molecule has 0 saturated carbocycles. The van der Waals surface area contributed by atoms with Crippen LogP contribution in [0.4, 0.5) is 0 Å². The van der Waals surface area contributed by atoms with E-state index in [0.29, 0.717) is 12.1 Å². The highest BCUT2D eigenvalue weighted by Gasteiger charge is 2.27. The topological polar surface area (TPSA) is 44.1 Å². The normalized spacial score (nSPS) is 19.4. The molecular weight excluding hydrogens is 292 g/mol. The van der Waals surface area contributed by atoms with Crippen LogP contribution < -0.4 is 0 Å². The number of rotatable bonds is 1. The van der Waals surface area contributed by atoms with Gasteiger partial charge in [-0.3, -0.25) is 4.79 Å². The van der Waals surface area contributed by atoms with Gasteiger partial charge in [0.2, 0.25) is 0 Å². The number of nitrogens with zero attached hydrogens (tertiary/aromatic N) is 2. The van der Waals surface area contributed by atoms with E-state index in [0.717, 1.165) is 29.3 Å². The second-order valence-electron chi connectivity index (χ2n) is 4.60. The number of benzene rings is 1. The van der Waals surface area contributed by atoms with E-state index in [4.69, 9.17) is 5.26 Å². The monoisotopic (exact) mass is 306 g/mol. The maximum absolute atomic E-state index is 12.4. The molecule has 1 fully saturated rings. The fourth-order valence-corrected chi connectivity index (χ4v) is 2.50. The van der Waals surface area contributed by atoms with Crippen LogP contribution in [0.25, 0.3) is 0 Å². The van der Waals surface area contributed by atoms with Gasteiger partial charge in [0, 0.05) is 16.6 Å². The predicted molar refractivity (Wildman–Crippen MR) is 73.2 cm³/mol. The summed E-state index contributed by atoms with van der Waals surface area (Å²) in [5.74, 6) is -0.0307. The van der Waals surface area contributed by atoms with Crippen molar-refractivity contribution in [3.8, 4) is 6.07 Å². The molecule has 0 radical (unpaired) electrons. The molecule has 1 aliphatic heterocycles. The highest BCUT2D eigenvalue weighted by Crippen LogP contribution is 2.22. The third-order valence-corrected chi connectivity index (χ3v) is 4.21. The summed E-state index contributed by atoms with van der Waals surface area (Å²) in [6.07, 6.45) is 2.80. The molecule has 0 aliphatic carbocycles. The van der Waals surface area contributed by atoms with Crippen LogP contribution in [0.3, 0.4) is 0 Å². The van der Waals surface area contributed by atoms with E-state index in [1.165, 1.54) is 0 Å². The molecule has 3 nitrogen and oxygen atoms in total. The summed E-state index contributed by atoms with van der Waals surface area (Å²) in [7, 11) is 0. The Balaban J connectivity index is 2.24. The summed E-state index contributed by atoms with van der Waals surface area (Å²) < 4.78 is 0.995. The average Bonchev–Trinajstić information content (AvgIpc) is 2.41. The van der Waals surface area contributed by atoms with Crippen molar-refractivity contribution in [3.05, 3.63) is 33.8 Å². The van der Waals surface area contributed by atoms with E-state index in [-0.39, 0.29) is 11.9 Å². The van der Waals surface area contributed by atoms with Crippen molar-refractivity contribution in [2.45, 2.75) is 32.2 Å². The zero-order valence-electron chi connectivity index (χ0n) is 10.3. The predicted octanol–water partition coefficient (Wildman–Crippen LogP) is 3.28. The van der Waals surface area contributed by atoms with E-state index in [9.17, 15) is 4.79 Å². The standard InChI is InChI=1S/C14H15BrN2O/c1-10-8-11(5-6-13(10)15)14(18)17-7-3-2-4-12(17)9-16/h5-6,8,12H,2-4,7H2,1H3. The van der Waals surface area contributed by atoms with Crippen LogP contribution in [0.5, 0.6) is 0 Å². The van der Waals surface area contributed by atoms with E-state index >= 15 is 0 Å². The van der Waals surface area contributed by atoms with Crippen LogP contribution in [0.15, 0.2) is 22.7 Å². The number of amides is 1. The summed E-state index contributed by atoms with van der Waals surface area (Å²) >= 11 is 3.42. The van der Waals surface area contributed by atoms with Crippen molar-refractivity contribution in [1.82, 2.24) is 4.90 Å². The van der Waals surface area contributed by atoms with Crippen LogP contribution in [0.1, 0.15) is 35.2 Å². The molecule has 4 heteroatoms. The molecule has 1 heterocycles. The van der Waals surface area contributed by atoms with Crippen LogP contribution in [0, 0.1) is 18.3 Å². The zero-order valence-corrected chi connectivity index (χ0v) is 11.9. The Bertz CT molecular complexity index is 507. The van der Waals surface area contributed by atoms with Gasteiger partial charge < -0.3 is 4.90 Å². The zero-order chi connectivity index (χ0) is 13.1. The Kier molecular flexibility index (Phi) is 4.03. The van der Waals surface area contributed by atoms with Gasteiger partial charge in [-0.1, -0.05) is 15.9 Å². The van der Waals surface area contributed by atoms with Crippen molar-refractivity contribution in [2.75, 3.05) is 6.54 Å². The second-order valence-corrected chi connectivity index (χ2v) is 5.46. The minimum absolute atomic E-state index is 0.0307. The lowest BCUT2D eigenvalue weighted by atomic mass is 10.0. The summed E-state index contributed by atoms with van der Waals surface area (Å²) in [4.78, 5) is 14.1. The maximum atomic E-state index is 12.4. The summed E-state index contributed by atoms with van der Waals surface area (Å²) in [5.41, 5.74) is 1.70. The fourth-order valence-electron chi connectivity index (χ4n) is 2.25. The molecule has 2 rings (SSSR count). The van der Waals surface area contributed by atoms with Crippen LogP contribution >= 0.6 is 15.9 Å². The molecule has 0 spiro atoms. The quantitative estimate of drug-likeness (QED) is 0.799. The van der Waals surface area contributed by atoms with Gasteiger partial charge in [-0.15, -0.1) is 0 Å². The van der Waals surface area contributed by atoms with Gasteiger partial charge in [0.15, 0.2) is 0 Å². The largest absolute Gasteiger partial charge is 0.323 e. The Morgan fingerprint density at radius 3 is 2.94 bits per heavy atom. The van der Waals surface area contributed by atoms with Gasteiger partial charge in [-0.2, -0.15) is 5.26 Å². The molecule has 1 saturated heterocycles. The van der Waals surface area contributed by atoms with Crippen LogP contribution in [0.2, 0.25) is 0 Å². The first kappa shape index (κ1) is 13.1. The first-order chi connectivity index (χ1) is 8.63. The van der Waals surface area contributed by atoms with Gasteiger partial charge >= 0.3 is 0 Å². The van der Waals surface area contributed by atoms with Crippen molar-refractivity contribution < 1.29 is 4.79 Å². The number of nitriles is 1. The molecule has 1 aromatic carbocycles. The molecule has 1 atom stereocenters. The Morgan fingerprint density at radius 2 is 2.28 bits per heavy atom. The summed E-state index contributed by atoms with van der Waals surface area (Å²) in [6, 6.07) is 7.52. The third-order valence-electron chi connectivity index (χ3n) is 3.32. The van der Waals surface area contributed by atoms with Crippen LogP contribution in [-0.2, 0) is 0 Å². The van der Waals surface area contributed by atoms with Crippen molar-refractivity contribution in [3.63, 3.8) is 0 Å². The number of piperidine rings is 1. The highest BCUT2D eigenvalue weighted by molar-refractivity contribution is 9.10. The molecule has 0 bridgehead atoms. The van der Waals surface area contributed by atoms with Gasteiger partial charge in [0.25, 0.3) is 5.91 Å². The first-order valence-electron chi connectivity index (χ1n) is 6.10. The van der Waals surface area contributed by atoms with Crippen molar-refractivity contribution in [2.24, 2.45) is 0 Å². The minimum Gasteiger partial charge on any atom is -0.323 e. The van der Waals surface area contributed by atoms with Crippen molar-refractivity contribution >= 4 is 21.8 Å². The van der Waals surface area contributed by atoms with E-state index in [1.807, 2.05) is 25.1 Å².